The summed E-state index contributed by atoms with van der Waals surface area (Å²) in [6.45, 7) is 1.96. The number of fused-ring (bicyclic) bond motifs is 1. The van der Waals surface area contributed by atoms with Gasteiger partial charge in [0.1, 0.15) is 23.9 Å². The zero-order valence-corrected chi connectivity index (χ0v) is 12.6. The highest BCUT2D eigenvalue weighted by Crippen LogP contribution is 2.27. The Hall–Kier alpha value is -1.48. The average molecular weight is 338 g/mol. The van der Waals surface area contributed by atoms with Crippen LogP contribution in [0.4, 0.5) is 17.6 Å². The number of halogens is 4. The molecule has 0 spiro atoms. The number of hydrogen-bond donors (Lipinski definition) is 1. The van der Waals surface area contributed by atoms with Crippen LogP contribution in [0.3, 0.4) is 0 Å². The molecule has 0 atom stereocenters. The molecule has 0 aliphatic rings. The Labute approximate surface area is 127 Å². The third-order valence-corrected chi connectivity index (χ3v) is 3.89. The summed E-state index contributed by atoms with van der Waals surface area (Å²) in [5.74, 6) is -4.05. The van der Waals surface area contributed by atoms with Gasteiger partial charge in [0.05, 0.1) is 5.39 Å². The quantitative estimate of drug-likeness (QED) is 0.820. The number of nitrogens with one attached hydrogen (secondary N) is 1. The largest absolute Gasteiger partial charge is 0.367 e. The van der Waals surface area contributed by atoms with Crippen LogP contribution in [-0.4, -0.2) is 28.9 Å². The fourth-order valence-electron chi connectivity index (χ4n) is 1.86. The average Bonchev–Trinajstić information content (AvgIpc) is 2.82. The van der Waals surface area contributed by atoms with Crippen molar-refractivity contribution in [3.63, 3.8) is 0 Å². The maximum absolute atomic E-state index is 12.7. The second kappa shape index (κ2) is 6.33. The van der Waals surface area contributed by atoms with E-state index < -0.39 is 31.1 Å². The lowest BCUT2D eigenvalue weighted by molar-refractivity contribution is -0.168. The molecule has 9 heteroatoms. The van der Waals surface area contributed by atoms with E-state index in [1.807, 2.05) is 19.2 Å². The fourth-order valence-corrected chi connectivity index (χ4v) is 2.97. The molecule has 2 heterocycles. The monoisotopic (exact) mass is 338 g/mol. The molecule has 0 bridgehead atoms. The summed E-state index contributed by atoms with van der Waals surface area (Å²) in [5.41, 5.74) is 0.458. The Morgan fingerprint density at radius 3 is 2.68 bits per heavy atom. The lowest BCUT2D eigenvalue weighted by atomic mass is 10.0. The molecule has 0 aliphatic heterocycles. The van der Waals surface area contributed by atoms with Crippen LogP contribution in [0.1, 0.15) is 31.2 Å². The van der Waals surface area contributed by atoms with Gasteiger partial charge in [-0.3, -0.25) is 4.79 Å². The predicted octanol–water partition coefficient (Wildman–Crippen LogP) is 3.53. The van der Waals surface area contributed by atoms with E-state index in [-0.39, 0.29) is 11.7 Å². The highest BCUT2D eigenvalue weighted by molar-refractivity contribution is 7.16. The summed E-state index contributed by atoms with van der Waals surface area (Å²) in [6, 6.07) is 0. The van der Waals surface area contributed by atoms with Gasteiger partial charge < -0.3 is 9.72 Å². The van der Waals surface area contributed by atoms with E-state index in [0.717, 1.165) is 5.56 Å². The molecular weight excluding hydrogens is 324 g/mol. The first-order chi connectivity index (χ1) is 10.2. The van der Waals surface area contributed by atoms with Gasteiger partial charge in [-0.2, -0.15) is 8.78 Å². The van der Waals surface area contributed by atoms with E-state index in [9.17, 15) is 22.4 Å². The molecule has 1 N–H and O–H groups in total. The topological polar surface area (TPSA) is 55.0 Å². The molecule has 2 aromatic rings. The Balaban J connectivity index is 2.16. The van der Waals surface area contributed by atoms with Crippen molar-refractivity contribution in [2.75, 3.05) is 6.61 Å². The van der Waals surface area contributed by atoms with Gasteiger partial charge in [0.25, 0.3) is 5.56 Å². The minimum Gasteiger partial charge on any atom is -0.367 e. The van der Waals surface area contributed by atoms with Gasteiger partial charge in [0.15, 0.2) is 0 Å². The number of ether oxygens (including phenoxy) is 1. The zero-order valence-electron chi connectivity index (χ0n) is 11.8. The summed E-state index contributed by atoms with van der Waals surface area (Å²) in [5, 5.41) is 2.27. The normalized spacial score (nSPS) is 12.7. The summed E-state index contributed by atoms with van der Waals surface area (Å²) < 4.78 is 53.9. The Morgan fingerprint density at radius 2 is 2.09 bits per heavy atom. The number of hydrogen-bond acceptors (Lipinski definition) is 4. The van der Waals surface area contributed by atoms with Gasteiger partial charge in [-0.1, -0.05) is 13.8 Å². The summed E-state index contributed by atoms with van der Waals surface area (Å²) in [4.78, 5) is 19.0. The maximum Gasteiger partial charge on any atom is 0.330 e. The number of thiophene rings is 1. The number of rotatable bonds is 6. The van der Waals surface area contributed by atoms with E-state index in [2.05, 4.69) is 14.7 Å². The smallest absolute Gasteiger partial charge is 0.330 e. The number of aromatic amines is 1. The first-order valence-corrected chi connectivity index (χ1v) is 7.34. The Morgan fingerprint density at radius 1 is 1.41 bits per heavy atom. The summed E-state index contributed by atoms with van der Waals surface area (Å²) >= 11 is 1.26. The molecule has 0 fully saturated rings. The van der Waals surface area contributed by atoms with Crippen molar-refractivity contribution >= 4 is 21.6 Å². The molecule has 0 aliphatic carbocycles. The van der Waals surface area contributed by atoms with Gasteiger partial charge in [-0.15, -0.1) is 11.3 Å². The lowest BCUT2D eigenvalue weighted by Gasteiger charge is -2.14. The third-order valence-electron chi connectivity index (χ3n) is 3.00. The summed E-state index contributed by atoms with van der Waals surface area (Å²) in [6.07, 6.45) is -3.80. The van der Waals surface area contributed by atoms with Crippen LogP contribution in [0, 0.1) is 0 Å². The van der Waals surface area contributed by atoms with E-state index in [0.29, 0.717) is 10.2 Å². The number of H-pyrrole nitrogens is 1. The lowest BCUT2D eigenvalue weighted by Crippen LogP contribution is -2.32. The first kappa shape index (κ1) is 16.9. The van der Waals surface area contributed by atoms with E-state index in [1.54, 1.807) is 0 Å². The van der Waals surface area contributed by atoms with Crippen molar-refractivity contribution in [1.29, 1.82) is 0 Å². The van der Waals surface area contributed by atoms with Crippen molar-refractivity contribution in [2.24, 2.45) is 0 Å². The molecule has 0 radical (unpaired) electrons. The molecule has 2 aromatic heterocycles. The maximum atomic E-state index is 12.7. The van der Waals surface area contributed by atoms with Gasteiger partial charge >= 0.3 is 12.3 Å². The number of aromatic nitrogens is 2. The zero-order chi connectivity index (χ0) is 16.5. The van der Waals surface area contributed by atoms with Gasteiger partial charge in [0, 0.05) is 0 Å². The van der Waals surface area contributed by atoms with Crippen LogP contribution in [0.25, 0.3) is 10.2 Å². The number of nitrogens with zero attached hydrogens (tertiary/aromatic N) is 1. The standard InChI is InChI=1S/C13H14F4N2O2S/c1-6(2)7-4-22-11-9(7)10(20)18-8(19-11)3-21-5-13(16,17)12(14)15/h4,6,12H,3,5H2,1-2H3,(H,18,19,20). The van der Waals surface area contributed by atoms with Crippen molar-refractivity contribution in [3.05, 3.63) is 27.1 Å². The highest BCUT2D eigenvalue weighted by Gasteiger charge is 2.41. The van der Waals surface area contributed by atoms with Crippen molar-refractivity contribution in [2.45, 2.75) is 38.7 Å². The third kappa shape index (κ3) is 3.46. The van der Waals surface area contributed by atoms with E-state index >= 15 is 0 Å². The highest BCUT2D eigenvalue weighted by atomic mass is 32.1. The Bertz CT molecular complexity index is 712. The molecule has 4 nitrogen and oxygen atoms in total. The second-order valence-corrected chi connectivity index (χ2v) is 5.95. The Kier molecular flexibility index (Phi) is 4.86. The van der Waals surface area contributed by atoms with Crippen LogP contribution in [0.15, 0.2) is 10.2 Å². The molecule has 0 amide bonds. The molecule has 0 aromatic carbocycles. The number of alkyl halides is 4. The summed E-state index contributed by atoms with van der Waals surface area (Å²) in [7, 11) is 0. The molecule has 0 saturated heterocycles. The van der Waals surface area contributed by atoms with Crippen LogP contribution < -0.4 is 5.56 Å². The van der Waals surface area contributed by atoms with Crippen LogP contribution >= 0.6 is 11.3 Å². The molecule has 122 valence electrons. The van der Waals surface area contributed by atoms with Crippen LogP contribution in [-0.2, 0) is 11.3 Å². The van der Waals surface area contributed by atoms with Crippen LogP contribution in [0.5, 0.6) is 0 Å². The SMILES string of the molecule is CC(C)c1csc2nc(COCC(F)(F)C(F)F)[nH]c(=O)c12. The molecule has 22 heavy (non-hydrogen) atoms. The van der Waals surface area contributed by atoms with Crippen molar-refractivity contribution in [3.8, 4) is 0 Å². The molecule has 2 rings (SSSR count). The van der Waals surface area contributed by atoms with Crippen LogP contribution in [0.2, 0.25) is 0 Å². The predicted molar refractivity (Wildman–Crippen MR) is 74.9 cm³/mol. The van der Waals surface area contributed by atoms with E-state index in [4.69, 9.17) is 0 Å². The molecule has 0 unspecified atom stereocenters. The van der Waals surface area contributed by atoms with Gasteiger partial charge in [-0.25, -0.2) is 13.8 Å². The van der Waals surface area contributed by atoms with Crippen molar-refractivity contribution in [1.82, 2.24) is 9.97 Å². The first-order valence-electron chi connectivity index (χ1n) is 6.46. The molecule has 0 saturated carbocycles. The molecular formula is C13H14F4N2O2S. The van der Waals surface area contributed by atoms with E-state index in [1.165, 1.54) is 11.3 Å². The van der Waals surface area contributed by atoms with Crippen molar-refractivity contribution < 1.29 is 22.3 Å². The minimum atomic E-state index is -4.22. The van der Waals surface area contributed by atoms with Gasteiger partial charge in [0.2, 0.25) is 0 Å². The minimum absolute atomic E-state index is 0.0275. The van der Waals surface area contributed by atoms with Gasteiger partial charge in [-0.05, 0) is 16.9 Å². The second-order valence-electron chi connectivity index (χ2n) is 5.09. The fraction of sp³-hybridized carbons (Fsp3) is 0.538.